The van der Waals surface area contributed by atoms with Gasteiger partial charge in [0.1, 0.15) is 0 Å². The Balaban J connectivity index is -0.000000579. The number of carboxylic acids is 6. The van der Waals surface area contributed by atoms with Crippen LogP contribution in [0, 0.1) is 0 Å². The fourth-order valence-electron chi connectivity index (χ4n) is 4.52. The number of nitrogens with zero attached hydrogens (tertiary/aromatic N) is 4. The van der Waals surface area contributed by atoms with E-state index in [0.29, 0.717) is 0 Å². The molecule has 4 fully saturated rings. The van der Waals surface area contributed by atoms with Gasteiger partial charge in [0.15, 0.2) is 0 Å². The van der Waals surface area contributed by atoms with Crippen LogP contribution >= 0.6 is 0 Å². The van der Waals surface area contributed by atoms with E-state index in [9.17, 15) is 29.7 Å². The monoisotopic (exact) mass is 826 g/mol. The average Bonchev–Trinajstić information content (AvgIpc) is 3.01. The molecule has 0 saturated carbocycles. The molecule has 0 aromatic heterocycles. The van der Waals surface area contributed by atoms with E-state index in [1.54, 1.807) is 72.8 Å². The summed E-state index contributed by atoms with van der Waals surface area (Å²) in [6, 6.07) is 26.9. The molecule has 4 heterocycles. The molecule has 2 radical (unpaired) electrons. The summed E-state index contributed by atoms with van der Waals surface area (Å²) in [6.07, 6.45) is 0.00250. The summed E-state index contributed by atoms with van der Waals surface area (Å²) in [4.78, 5) is 66.7. The Morgan fingerprint density at radius 3 is 0.667 bits per heavy atom. The van der Waals surface area contributed by atoms with Crippen molar-refractivity contribution in [3.05, 3.63) is 108 Å². The molecule has 18 heteroatoms. The van der Waals surface area contributed by atoms with Crippen LogP contribution in [0.3, 0.4) is 0 Å². The third-order valence-electron chi connectivity index (χ3n) is 5.97. The minimum atomic E-state index is -1.08. The number of carboxylic acid groups (broad SMARTS) is 6. The van der Waals surface area contributed by atoms with E-state index in [4.69, 9.17) is 29.7 Å². The van der Waals surface area contributed by atoms with E-state index < -0.39 is 35.8 Å². The molecule has 0 amide bonds. The number of carbonyl (C=O) groups is 6. The first-order valence-electron chi connectivity index (χ1n) is 15.6. The summed E-state index contributed by atoms with van der Waals surface area (Å²) in [5.74, 6) is -6.36. The van der Waals surface area contributed by atoms with Gasteiger partial charge in [-0.3, -0.25) is 19.6 Å². The van der Waals surface area contributed by atoms with Gasteiger partial charge in [-0.05, 0) is 37.5 Å². The predicted octanol–water partition coefficient (Wildman–Crippen LogP) is -4.82. The smallest absolute Gasteiger partial charge is 0.550 e. The summed E-state index contributed by atoms with van der Waals surface area (Å²) in [5.41, 5.74) is 2.34. The van der Waals surface area contributed by atoms with Gasteiger partial charge in [-0.15, -0.1) is 0 Å². The SMILES string of the molecule is C1N2CN3CN1CN(C2)C3.CC(=O)[O-].CC(=O)[O-].CC(=O)[O-].O=C([O-])Cc1ccccc1.O=C([O-])Cc1ccccc1.O=C([O-])Cc1ccccc1.[Cr+3].[Cr+3]. The van der Waals surface area contributed by atoms with Crippen LogP contribution in [0.2, 0.25) is 0 Å². The fourth-order valence-corrected chi connectivity index (χ4v) is 4.52. The van der Waals surface area contributed by atoms with Crippen molar-refractivity contribution in [3.8, 4) is 0 Å². The maximum Gasteiger partial charge on any atom is 3.00 e. The Morgan fingerprint density at radius 1 is 0.389 bits per heavy atom. The van der Waals surface area contributed by atoms with E-state index >= 15 is 0 Å². The van der Waals surface area contributed by atoms with Gasteiger partial charge in [0, 0.05) is 55.1 Å². The zero-order valence-corrected chi connectivity index (χ0v) is 32.6. The molecule has 4 saturated heterocycles. The molecule has 0 spiro atoms. The van der Waals surface area contributed by atoms with E-state index in [-0.39, 0.29) is 54.0 Å². The van der Waals surface area contributed by atoms with Crippen LogP contribution < -0.4 is 30.6 Å². The first-order valence-corrected chi connectivity index (χ1v) is 15.6. The van der Waals surface area contributed by atoms with Crippen LogP contribution in [0.25, 0.3) is 0 Å². The molecule has 290 valence electrons. The third kappa shape index (κ3) is 33.2. The zero-order valence-electron chi connectivity index (χ0n) is 30.0. The van der Waals surface area contributed by atoms with Gasteiger partial charge in [0.05, 0.1) is 40.0 Å². The molecular formula is C36H42Cr2N4O12. The second-order valence-electron chi connectivity index (χ2n) is 11.1. The molecule has 0 unspecified atom stereocenters. The van der Waals surface area contributed by atoms with E-state index in [1.165, 1.54) is 40.0 Å². The van der Waals surface area contributed by atoms with Crippen LogP contribution in [0.5, 0.6) is 0 Å². The van der Waals surface area contributed by atoms with Gasteiger partial charge in [0.25, 0.3) is 0 Å². The van der Waals surface area contributed by atoms with Gasteiger partial charge in [-0.2, -0.15) is 0 Å². The van der Waals surface area contributed by atoms with Crippen molar-refractivity contribution in [2.24, 2.45) is 0 Å². The Bertz CT molecular complexity index is 1290. The molecule has 3 aromatic carbocycles. The molecule has 4 aliphatic rings. The zero-order chi connectivity index (χ0) is 39.5. The molecule has 7 rings (SSSR count). The minimum Gasteiger partial charge on any atom is -0.550 e. The van der Waals surface area contributed by atoms with Gasteiger partial charge in [-0.25, -0.2) is 0 Å². The summed E-state index contributed by atoms with van der Waals surface area (Å²) in [7, 11) is 0. The maximum absolute atomic E-state index is 10.1. The van der Waals surface area contributed by atoms with Gasteiger partial charge < -0.3 is 59.4 Å². The topological polar surface area (TPSA) is 254 Å². The van der Waals surface area contributed by atoms with Crippen LogP contribution in [-0.4, -0.2) is 95.4 Å². The van der Waals surface area contributed by atoms with E-state index in [0.717, 1.165) is 37.5 Å². The normalized spacial score (nSPS) is 17.2. The molecule has 4 aliphatic heterocycles. The van der Waals surface area contributed by atoms with Crippen molar-refractivity contribution < 1.29 is 94.1 Å². The maximum atomic E-state index is 10.1. The van der Waals surface area contributed by atoms with Crippen molar-refractivity contribution in [3.63, 3.8) is 0 Å². The fraction of sp³-hybridized carbons (Fsp3) is 0.333. The molecule has 0 atom stereocenters. The van der Waals surface area contributed by atoms with E-state index in [1.807, 2.05) is 18.2 Å². The average molecular weight is 827 g/mol. The van der Waals surface area contributed by atoms with Crippen molar-refractivity contribution in [2.75, 3.05) is 40.0 Å². The Labute approximate surface area is 336 Å². The van der Waals surface area contributed by atoms with Gasteiger partial charge in [-0.1, -0.05) is 91.0 Å². The van der Waals surface area contributed by atoms with Crippen molar-refractivity contribution in [2.45, 2.75) is 40.0 Å². The number of benzene rings is 3. The molecule has 54 heavy (non-hydrogen) atoms. The van der Waals surface area contributed by atoms with Crippen LogP contribution in [-0.2, 0) is 82.8 Å². The third-order valence-corrected chi connectivity index (χ3v) is 5.97. The summed E-state index contributed by atoms with van der Waals surface area (Å²) in [5, 5.41) is 56.8. The molecular weight excluding hydrogens is 784 g/mol. The standard InChI is InChI=1S/3C8H8O2.C6H12N4.3C2H4O2.2Cr/c3*9-8(10)6-7-4-2-1-3-5-7;1-7-2-9-4-8(1)5-10(3-7)6-9;3*1-2(3)4;;/h3*1-5H,6H2,(H,9,10);1-6H2;3*1H3,(H,3,4);;/q;;;;;;;2*+3/p-6. The van der Waals surface area contributed by atoms with Crippen LogP contribution in [0.15, 0.2) is 91.0 Å². The largest absolute Gasteiger partial charge is 3.00 e. The second-order valence-corrected chi connectivity index (χ2v) is 11.1. The summed E-state index contributed by atoms with van der Waals surface area (Å²) in [6.45, 7) is 10.0. The summed E-state index contributed by atoms with van der Waals surface area (Å²) >= 11 is 0. The number of hydrogen-bond donors (Lipinski definition) is 0. The number of hydrogen-bond acceptors (Lipinski definition) is 16. The predicted molar refractivity (Wildman–Crippen MR) is 174 cm³/mol. The van der Waals surface area contributed by atoms with Crippen LogP contribution in [0.4, 0.5) is 0 Å². The first kappa shape index (κ1) is 53.7. The van der Waals surface area contributed by atoms with Crippen LogP contribution in [0.1, 0.15) is 37.5 Å². The minimum absolute atomic E-state index is 0. The first-order chi connectivity index (χ1) is 24.5. The second kappa shape index (κ2) is 31.9. The van der Waals surface area contributed by atoms with Gasteiger partial charge in [0.2, 0.25) is 0 Å². The van der Waals surface area contributed by atoms with Crippen molar-refractivity contribution in [1.82, 2.24) is 19.6 Å². The molecule has 0 N–H and O–H groups in total. The van der Waals surface area contributed by atoms with Gasteiger partial charge >= 0.3 is 34.7 Å². The molecule has 3 aromatic rings. The Morgan fingerprint density at radius 2 is 0.537 bits per heavy atom. The van der Waals surface area contributed by atoms with E-state index in [2.05, 4.69) is 19.6 Å². The number of aliphatic carboxylic acids is 6. The summed E-state index contributed by atoms with van der Waals surface area (Å²) < 4.78 is 0. The quantitative estimate of drug-likeness (QED) is 0.226. The molecule has 4 bridgehead atoms. The van der Waals surface area contributed by atoms with Crippen molar-refractivity contribution in [1.29, 1.82) is 0 Å². The number of carbonyl (C=O) groups excluding carboxylic acids is 6. The molecule has 16 nitrogen and oxygen atoms in total. The Hall–Kier alpha value is -4.62. The van der Waals surface area contributed by atoms with Crippen molar-refractivity contribution >= 4 is 35.8 Å². The number of rotatable bonds is 6. The molecule has 0 aliphatic carbocycles. The Kier molecular flexibility index (Phi) is 31.7.